The van der Waals surface area contributed by atoms with Gasteiger partial charge >= 0.3 is 0 Å². The number of hydrogen-bond donors (Lipinski definition) is 1. The van der Waals surface area contributed by atoms with Gasteiger partial charge in [-0.1, -0.05) is 11.4 Å². The molecule has 1 N–H and O–H groups in total. The SMILES string of the molecule is CCc1nnsc1C(=O)Nc1ccc(F)c(F)c1. The molecule has 1 heterocycles. The molecule has 0 spiro atoms. The van der Waals surface area contributed by atoms with Crippen molar-refractivity contribution in [2.45, 2.75) is 13.3 Å². The number of aromatic nitrogens is 2. The van der Waals surface area contributed by atoms with Gasteiger partial charge in [-0.2, -0.15) is 0 Å². The first-order valence-electron chi connectivity index (χ1n) is 5.19. The molecule has 0 radical (unpaired) electrons. The quantitative estimate of drug-likeness (QED) is 0.932. The number of nitrogens with zero attached hydrogens (tertiary/aromatic N) is 2. The number of nitrogens with one attached hydrogen (secondary N) is 1. The molecule has 0 aliphatic rings. The minimum absolute atomic E-state index is 0.189. The Kier molecular flexibility index (Phi) is 3.61. The Hall–Kier alpha value is -1.89. The second-order valence-corrected chi connectivity index (χ2v) is 4.24. The molecular formula is C11H9F2N3OS. The van der Waals surface area contributed by atoms with Crippen LogP contribution in [0.2, 0.25) is 0 Å². The average Bonchev–Trinajstić information content (AvgIpc) is 2.82. The minimum atomic E-state index is -1.01. The summed E-state index contributed by atoms with van der Waals surface area (Å²) in [7, 11) is 0. The molecule has 0 saturated carbocycles. The third-order valence-electron chi connectivity index (χ3n) is 2.27. The van der Waals surface area contributed by atoms with Crippen molar-refractivity contribution in [2.24, 2.45) is 0 Å². The number of halogens is 2. The lowest BCUT2D eigenvalue weighted by atomic mass is 10.2. The van der Waals surface area contributed by atoms with Crippen molar-refractivity contribution >= 4 is 23.1 Å². The number of carbonyl (C=O) groups excluding carboxylic acids is 1. The van der Waals surface area contributed by atoms with Gasteiger partial charge in [-0.3, -0.25) is 4.79 Å². The normalized spacial score (nSPS) is 10.4. The molecule has 0 fully saturated rings. The van der Waals surface area contributed by atoms with E-state index < -0.39 is 17.5 Å². The van der Waals surface area contributed by atoms with Crippen LogP contribution in [-0.2, 0) is 6.42 Å². The van der Waals surface area contributed by atoms with Crippen LogP contribution < -0.4 is 5.32 Å². The van der Waals surface area contributed by atoms with Gasteiger partial charge in [0.2, 0.25) is 0 Å². The molecule has 0 unspecified atom stereocenters. The number of anilines is 1. The monoisotopic (exact) mass is 269 g/mol. The fourth-order valence-corrected chi connectivity index (χ4v) is 2.02. The van der Waals surface area contributed by atoms with Gasteiger partial charge in [0.05, 0.1) is 5.69 Å². The summed E-state index contributed by atoms with van der Waals surface area (Å²) in [4.78, 5) is 12.2. The molecule has 1 aromatic carbocycles. The Morgan fingerprint density at radius 3 is 2.83 bits per heavy atom. The lowest BCUT2D eigenvalue weighted by Crippen LogP contribution is -2.12. The summed E-state index contributed by atoms with van der Waals surface area (Å²) >= 11 is 0.968. The Morgan fingerprint density at radius 1 is 1.39 bits per heavy atom. The molecule has 0 aliphatic carbocycles. The van der Waals surface area contributed by atoms with Crippen LogP contribution in [0.5, 0.6) is 0 Å². The smallest absolute Gasteiger partial charge is 0.269 e. The first-order chi connectivity index (χ1) is 8.61. The van der Waals surface area contributed by atoms with Gasteiger partial charge in [0, 0.05) is 11.8 Å². The van der Waals surface area contributed by atoms with Gasteiger partial charge in [-0.25, -0.2) is 8.78 Å². The zero-order valence-electron chi connectivity index (χ0n) is 9.41. The summed E-state index contributed by atoms with van der Waals surface area (Å²) in [6, 6.07) is 3.17. The van der Waals surface area contributed by atoms with Crippen LogP contribution in [-0.4, -0.2) is 15.5 Å². The fourth-order valence-electron chi connectivity index (χ4n) is 1.37. The second kappa shape index (κ2) is 5.18. The van der Waals surface area contributed by atoms with E-state index in [0.717, 1.165) is 23.7 Å². The van der Waals surface area contributed by atoms with Crippen LogP contribution in [0.25, 0.3) is 0 Å². The predicted octanol–water partition coefficient (Wildman–Crippen LogP) is 2.63. The van der Waals surface area contributed by atoms with Crippen LogP contribution >= 0.6 is 11.5 Å². The molecule has 1 amide bonds. The molecule has 2 aromatic rings. The maximum atomic E-state index is 13.0. The molecule has 18 heavy (non-hydrogen) atoms. The molecule has 0 atom stereocenters. The van der Waals surface area contributed by atoms with E-state index in [4.69, 9.17) is 0 Å². The Labute approximate surface area is 106 Å². The fraction of sp³-hybridized carbons (Fsp3) is 0.182. The molecule has 4 nitrogen and oxygen atoms in total. The zero-order chi connectivity index (χ0) is 13.1. The first kappa shape index (κ1) is 12.6. The Balaban J connectivity index is 2.19. The third-order valence-corrected chi connectivity index (χ3v) is 3.04. The summed E-state index contributed by atoms with van der Waals surface area (Å²) in [5.74, 6) is -2.39. The number of rotatable bonds is 3. The van der Waals surface area contributed by atoms with Gasteiger partial charge < -0.3 is 5.32 Å². The highest BCUT2D eigenvalue weighted by Gasteiger charge is 2.15. The lowest BCUT2D eigenvalue weighted by molar-refractivity contribution is 0.102. The highest BCUT2D eigenvalue weighted by atomic mass is 32.1. The van der Waals surface area contributed by atoms with E-state index in [-0.39, 0.29) is 5.69 Å². The molecule has 0 aliphatic heterocycles. The summed E-state index contributed by atoms with van der Waals surface area (Å²) in [5, 5.41) is 6.27. The van der Waals surface area contributed by atoms with Crippen molar-refractivity contribution in [1.29, 1.82) is 0 Å². The maximum absolute atomic E-state index is 13.0. The molecule has 1 aromatic heterocycles. The number of amides is 1. The van der Waals surface area contributed by atoms with Gasteiger partial charge in [-0.05, 0) is 30.1 Å². The number of hydrogen-bond acceptors (Lipinski definition) is 4. The van der Waals surface area contributed by atoms with Gasteiger partial charge in [0.25, 0.3) is 5.91 Å². The van der Waals surface area contributed by atoms with E-state index in [1.807, 2.05) is 6.92 Å². The Morgan fingerprint density at radius 2 is 2.17 bits per heavy atom. The topological polar surface area (TPSA) is 54.9 Å². The van der Waals surface area contributed by atoms with Crippen molar-refractivity contribution in [3.63, 3.8) is 0 Å². The van der Waals surface area contributed by atoms with E-state index in [1.165, 1.54) is 6.07 Å². The van der Waals surface area contributed by atoms with Crippen LogP contribution in [0.4, 0.5) is 14.5 Å². The van der Waals surface area contributed by atoms with Gasteiger partial charge in [0.1, 0.15) is 4.88 Å². The molecule has 0 bridgehead atoms. The third kappa shape index (κ3) is 2.51. The Bertz CT molecular complexity index is 585. The lowest BCUT2D eigenvalue weighted by Gasteiger charge is -2.04. The maximum Gasteiger partial charge on any atom is 0.269 e. The zero-order valence-corrected chi connectivity index (χ0v) is 10.2. The van der Waals surface area contributed by atoms with Crippen molar-refractivity contribution in [3.8, 4) is 0 Å². The second-order valence-electron chi connectivity index (χ2n) is 3.49. The highest BCUT2D eigenvalue weighted by molar-refractivity contribution is 7.08. The van der Waals surface area contributed by atoms with Crippen molar-refractivity contribution in [3.05, 3.63) is 40.4 Å². The van der Waals surface area contributed by atoms with Crippen LogP contribution in [0.3, 0.4) is 0 Å². The van der Waals surface area contributed by atoms with E-state index in [2.05, 4.69) is 14.9 Å². The summed E-state index contributed by atoms with van der Waals surface area (Å²) in [6.45, 7) is 1.85. The molecule has 0 saturated heterocycles. The van der Waals surface area contributed by atoms with Crippen LogP contribution in [0.15, 0.2) is 18.2 Å². The standard InChI is InChI=1S/C11H9F2N3OS/c1-2-9-10(18-16-15-9)11(17)14-6-3-4-7(12)8(13)5-6/h3-5H,2H2,1H3,(H,14,17). The molecule has 2 rings (SSSR count). The van der Waals surface area contributed by atoms with E-state index >= 15 is 0 Å². The number of carbonyl (C=O) groups is 1. The van der Waals surface area contributed by atoms with Crippen LogP contribution in [0, 0.1) is 11.6 Å². The summed E-state index contributed by atoms with van der Waals surface area (Å²) < 4.78 is 29.4. The van der Waals surface area contributed by atoms with Crippen molar-refractivity contribution in [2.75, 3.05) is 5.32 Å². The van der Waals surface area contributed by atoms with E-state index in [0.29, 0.717) is 17.0 Å². The van der Waals surface area contributed by atoms with Crippen molar-refractivity contribution < 1.29 is 13.6 Å². The number of aryl methyl sites for hydroxylation is 1. The van der Waals surface area contributed by atoms with E-state index in [9.17, 15) is 13.6 Å². The molecular weight excluding hydrogens is 260 g/mol. The summed E-state index contributed by atoms with van der Waals surface area (Å²) in [6.07, 6.45) is 0.580. The molecule has 94 valence electrons. The number of benzene rings is 1. The average molecular weight is 269 g/mol. The summed E-state index contributed by atoms with van der Waals surface area (Å²) in [5.41, 5.74) is 0.773. The highest BCUT2D eigenvalue weighted by Crippen LogP contribution is 2.17. The van der Waals surface area contributed by atoms with Gasteiger partial charge in [-0.15, -0.1) is 5.10 Å². The minimum Gasteiger partial charge on any atom is -0.321 e. The largest absolute Gasteiger partial charge is 0.321 e. The molecule has 7 heteroatoms. The van der Waals surface area contributed by atoms with Crippen molar-refractivity contribution in [1.82, 2.24) is 9.59 Å². The van der Waals surface area contributed by atoms with Crippen LogP contribution in [0.1, 0.15) is 22.3 Å². The van der Waals surface area contributed by atoms with Gasteiger partial charge in [0.15, 0.2) is 11.6 Å². The first-order valence-corrected chi connectivity index (χ1v) is 5.96. The predicted molar refractivity (Wildman–Crippen MR) is 63.6 cm³/mol. The van der Waals surface area contributed by atoms with E-state index in [1.54, 1.807) is 0 Å².